The third kappa shape index (κ3) is 1.45. The predicted octanol–water partition coefficient (Wildman–Crippen LogP) is 1.35. The topological polar surface area (TPSA) is 43.8 Å². The Labute approximate surface area is 71.5 Å². The molecule has 1 aromatic rings. The summed E-state index contributed by atoms with van der Waals surface area (Å²) in [7, 11) is 0. The predicted molar refractivity (Wildman–Crippen MR) is 50.7 cm³/mol. The van der Waals surface area contributed by atoms with E-state index in [-0.39, 0.29) is 0 Å². The molecule has 0 bridgehead atoms. The second-order valence-electron chi connectivity index (χ2n) is 2.22. The smallest absolute Gasteiger partial charge is 0.0915 e. The lowest BCUT2D eigenvalue weighted by Crippen LogP contribution is -2.12. The van der Waals surface area contributed by atoms with Gasteiger partial charge in [0.15, 0.2) is 0 Å². The van der Waals surface area contributed by atoms with Gasteiger partial charge in [-0.3, -0.25) is 0 Å². The molecule has 0 aromatic carbocycles. The van der Waals surface area contributed by atoms with Gasteiger partial charge in [0.1, 0.15) is 0 Å². The summed E-state index contributed by atoms with van der Waals surface area (Å²) in [5, 5.41) is 3.84. The van der Waals surface area contributed by atoms with Crippen molar-refractivity contribution in [3.05, 3.63) is 49.3 Å². The molecule has 0 aliphatic heterocycles. The normalized spacial score (nSPS) is 11.2. The maximum absolute atomic E-state index is 5.53. The van der Waals surface area contributed by atoms with E-state index in [2.05, 4.69) is 18.3 Å². The van der Waals surface area contributed by atoms with E-state index in [9.17, 15) is 0 Å². The van der Waals surface area contributed by atoms with Crippen molar-refractivity contribution in [2.45, 2.75) is 0 Å². The second kappa shape index (κ2) is 3.57. The zero-order valence-electron chi connectivity index (χ0n) is 6.77. The Bertz CT molecular complexity index is 320. The van der Waals surface area contributed by atoms with E-state index in [1.165, 1.54) is 4.79 Å². The molecule has 62 valence electrons. The fourth-order valence-electron chi connectivity index (χ4n) is 0.928. The van der Waals surface area contributed by atoms with Gasteiger partial charge in [0.25, 0.3) is 0 Å². The van der Waals surface area contributed by atoms with Crippen molar-refractivity contribution in [1.82, 2.24) is 9.89 Å². The summed E-state index contributed by atoms with van der Waals surface area (Å²) >= 11 is 0. The first-order valence-electron chi connectivity index (χ1n) is 3.54. The molecule has 3 nitrogen and oxygen atoms in total. The van der Waals surface area contributed by atoms with Crippen LogP contribution in [-0.4, -0.2) is 9.89 Å². The Morgan fingerprint density at radius 3 is 2.75 bits per heavy atom. The number of hydrogen-bond acceptors (Lipinski definition) is 2. The fourth-order valence-corrected chi connectivity index (χ4v) is 0.928. The molecule has 1 aromatic heterocycles. The molecule has 0 saturated carbocycles. The zero-order valence-corrected chi connectivity index (χ0v) is 6.77. The van der Waals surface area contributed by atoms with E-state index in [4.69, 9.17) is 5.84 Å². The molecule has 0 aliphatic carbocycles. The van der Waals surface area contributed by atoms with Crippen LogP contribution >= 0.6 is 0 Å². The lowest BCUT2D eigenvalue weighted by molar-refractivity contribution is 0.820. The van der Waals surface area contributed by atoms with Crippen LogP contribution in [0.25, 0.3) is 5.57 Å². The van der Waals surface area contributed by atoms with E-state index in [0.717, 1.165) is 11.3 Å². The molecule has 0 atom stereocenters. The molecule has 0 radical (unpaired) electrons. The highest BCUT2D eigenvalue weighted by Crippen LogP contribution is 2.12. The van der Waals surface area contributed by atoms with Crippen molar-refractivity contribution in [2.75, 3.05) is 5.84 Å². The quantitative estimate of drug-likeness (QED) is 0.537. The maximum atomic E-state index is 5.53. The first kappa shape index (κ1) is 8.33. The molecular weight excluding hydrogens is 150 g/mol. The third-order valence-corrected chi connectivity index (χ3v) is 1.48. The Morgan fingerprint density at radius 2 is 2.33 bits per heavy atom. The monoisotopic (exact) mass is 161 g/mol. The van der Waals surface area contributed by atoms with E-state index in [1.807, 2.05) is 12.1 Å². The number of nitrogens with zero attached hydrogens (tertiary/aromatic N) is 2. The zero-order chi connectivity index (χ0) is 8.97. The number of allylic oxidation sites excluding steroid dienone is 4. The van der Waals surface area contributed by atoms with Crippen LogP contribution in [0.4, 0.5) is 0 Å². The molecule has 12 heavy (non-hydrogen) atoms. The van der Waals surface area contributed by atoms with E-state index >= 15 is 0 Å². The summed E-state index contributed by atoms with van der Waals surface area (Å²) in [4.78, 5) is 1.30. The average molecular weight is 161 g/mol. The van der Waals surface area contributed by atoms with Crippen LogP contribution in [0.1, 0.15) is 5.69 Å². The molecular formula is C9H11N3. The maximum Gasteiger partial charge on any atom is 0.0915 e. The van der Waals surface area contributed by atoms with Gasteiger partial charge in [-0.2, -0.15) is 9.89 Å². The Kier molecular flexibility index (Phi) is 2.48. The second-order valence-corrected chi connectivity index (χ2v) is 2.22. The summed E-state index contributed by atoms with van der Waals surface area (Å²) in [5.41, 5.74) is 1.73. The van der Waals surface area contributed by atoms with Crippen LogP contribution in [0.5, 0.6) is 0 Å². The van der Waals surface area contributed by atoms with Crippen LogP contribution in [-0.2, 0) is 0 Å². The first-order valence-corrected chi connectivity index (χ1v) is 3.54. The molecule has 0 saturated heterocycles. The summed E-state index contributed by atoms with van der Waals surface area (Å²) in [6, 6.07) is 1.82. The van der Waals surface area contributed by atoms with E-state index in [0.29, 0.717) is 0 Å². The van der Waals surface area contributed by atoms with Gasteiger partial charge in [0.05, 0.1) is 11.9 Å². The summed E-state index contributed by atoms with van der Waals surface area (Å²) in [5.74, 6) is 5.53. The molecule has 0 unspecified atom stereocenters. The standard InChI is InChI=1S/C9H11N3/c1-3-5-8(4-2)9-6-7-11-12(9)10/h3-7H,1-2,10H2/b8-5+. The van der Waals surface area contributed by atoms with Crippen molar-refractivity contribution >= 4 is 5.57 Å². The number of rotatable bonds is 3. The Morgan fingerprint density at radius 1 is 1.58 bits per heavy atom. The minimum absolute atomic E-state index is 0.824. The van der Waals surface area contributed by atoms with Gasteiger partial charge in [-0.15, -0.1) is 0 Å². The van der Waals surface area contributed by atoms with Crippen LogP contribution in [0, 0.1) is 0 Å². The number of nitrogens with two attached hydrogens (primary N) is 1. The van der Waals surface area contributed by atoms with Gasteiger partial charge >= 0.3 is 0 Å². The largest absolute Gasteiger partial charge is 0.323 e. The van der Waals surface area contributed by atoms with Crippen molar-refractivity contribution < 1.29 is 0 Å². The molecule has 0 amide bonds. The van der Waals surface area contributed by atoms with Gasteiger partial charge in [0, 0.05) is 5.57 Å². The number of aromatic nitrogens is 2. The van der Waals surface area contributed by atoms with Crippen molar-refractivity contribution in [1.29, 1.82) is 0 Å². The fraction of sp³-hybridized carbons (Fsp3) is 0. The highest BCUT2D eigenvalue weighted by atomic mass is 15.5. The Hall–Kier alpha value is -1.77. The number of hydrogen-bond donors (Lipinski definition) is 1. The lowest BCUT2D eigenvalue weighted by Gasteiger charge is -2.00. The van der Waals surface area contributed by atoms with E-state index in [1.54, 1.807) is 18.3 Å². The molecule has 2 N–H and O–H groups in total. The van der Waals surface area contributed by atoms with Gasteiger partial charge < -0.3 is 5.84 Å². The van der Waals surface area contributed by atoms with Crippen LogP contribution in [0.15, 0.2) is 43.6 Å². The van der Waals surface area contributed by atoms with Crippen molar-refractivity contribution in [3.63, 3.8) is 0 Å². The molecule has 0 aliphatic rings. The van der Waals surface area contributed by atoms with Crippen molar-refractivity contribution in [2.24, 2.45) is 0 Å². The summed E-state index contributed by atoms with van der Waals surface area (Å²) in [6.07, 6.45) is 6.86. The SMILES string of the molecule is C=C/C=C(\C=C)c1ccnn1N. The average Bonchev–Trinajstić information content (AvgIpc) is 2.47. The molecule has 0 spiro atoms. The minimum Gasteiger partial charge on any atom is -0.323 e. The molecule has 0 fully saturated rings. The molecule has 1 rings (SSSR count). The van der Waals surface area contributed by atoms with Gasteiger partial charge in [-0.05, 0) is 6.07 Å². The summed E-state index contributed by atoms with van der Waals surface area (Å²) in [6.45, 7) is 7.26. The minimum atomic E-state index is 0.824. The highest BCUT2D eigenvalue weighted by Gasteiger charge is 2.00. The van der Waals surface area contributed by atoms with Crippen LogP contribution < -0.4 is 5.84 Å². The van der Waals surface area contributed by atoms with Crippen molar-refractivity contribution in [3.8, 4) is 0 Å². The van der Waals surface area contributed by atoms with Crippen LogP contribution in [0.3, 0.4) is 0 Å². The van der Waals surface area contributed by atoms with E-state index < -0.39 is 0 Å². The molecule has 3 heteroatoms. The third-order valence-electron chi connectivity index (χ3n) is 1.48. The Balaban J connectivity index is 3.10. The van der Waals surface area contributed by atoms with Gasteiger partial charge in [-0.1, -0.05) is 31.4 Å². The first-order chi connectivity index (χ1) is 5.79. The van der Waals surface area contributed by atoms with Crippen LogP contribution in [0.2, 0.25) is 0 Å². The highest BCUT2D eigenvalue weighted by molar-refractivity contribution is 5.72. The lowest BCUT2D eigenvalue weighted by atomic mass is 10.2. The number of nitrogen functional groups attached to an aromatic ring is 1. The van der Waals surface area contributed by atoms with Gasteiger partial charge in [0.2, 0.25) is 0 Å². The molecule has 1 heterocycles. The van der Waals surface area contributed by atoms with Gasteiger partial charge in [-0.25, -0.2) is 0 Å². The summed E-state index contributed by atoms with van der Waals surface area (Å²) < 4.78 is 0.